The van der Waals surface area contributed by atoms with Gasteiger partial charge in [0.25, 0.3) is 0 Å². The zero-order valence-electron chi connectivity index (χ0n) is 8.06. The molecule has 0 fully saturated rings. The molecule has 0 saturated heterocycles. The number of hydrogen-bond acceptors (Lipinski definition) is 1. The summed E-state index contributed by atoms with van der Waals surface area (Å²) >= 11 is 5.27. The second kappa shape index (κ2) is 5.07. The van der Waals surface area contributed by atoms with Gasteiger partial charge in [0.05, 0.1) is 6.04 Å². The third kappa shape index (κ3) is 3.16. The number of benzene rings is 1. The standard InChI is InChI=1S/C10H10ClF2NO/c1-6(14-10(15)5-11)8-4-7(12)2-3-9(8)13/h2-4,6H,5H2,1H3,(H,14,15)/t6-/m0/s1. The van der Waals surface area contributed by atoms with Gasteiger partial charge in [0.2, 0.25) is 5.91 Å². The molecule has 1 amide bonds. The summed E-state index contributed by atoms with van der Waals surface area (Å²) in [5.41, 5.74) is 0.105. The van der Waals surface area contributed by atoms with Gasteiger partial charge in [0, 0.05) is 5.56 Å². The summed E-state index contributed by atoms with van der Waals surface area (Å²) in [6.07, 6.45) is 0. The number of alkyl halides is 1. The lowest BCUT2D eigenvalue weighted by atomic mass is 10.1. The quantitative estimate of drug-likeness (QED) is 0.798. The van der Waals surface area contributed by atoms with Crippen molar-refractivity contribution in [3.63, 3.8) is 0 Å². The maximum absolute atomic E-state index is 13.2. The van der Waals surface area contributed by atoms with Gasteiger partial charge in [0.1, 0.15) is 17.5 Å². The Kier molecular flexibility index (Phi) is 4.03. The van der Waals surface area contributed by atoms with Crippen LogP contribution >= 0.6 is 11.6 Å². The molecule has 1 aromatic carbocycles. The topological polar surface area (TPSA) is 29.1 Å². The fourth-order valence-electron chi connectivity index (χ4n) is 1.20. The molecule has 1 N–H and O–H groups in total. The lowest BCUT2D eigenvalue weighted by Crippen LogP contribution is -2.28. The van der Waals surface area contributed by atoms with Gasteiger partial charge >= 0.3 is 0 Å². The van der Waals surface area contributed by atoms with Gasteiger partial charge in [-0.15, -0.1) is 11.6 Å². The summed E-state index contributed by atoms with van der Waals surface area (Å²) in [4.78, 5) is 10.9. The zero-order chi connectivity index (χ0) is 11.4. The normalized spacial score (nSPS) is 12.3. The Hall–Kier alpha value is -1.16. The van der Waals surface area contributed by atoms with Crippen LogP contribution in [0.3, 0.4) is 0 Å². The summed E-state index contributed by atoms with van der Waals surface area (Å²) in [5.74, 6) is -1.73. The Labute approximate surface area is 91.2 Å². The van der Waals surface area contributed by atoms with Gasteiger partial charge in [-0.2, -0.15) is 0 Å². The van der Waals surface area contributed by atoms with Crippen molar-refractivity contribution in [3.8, 4) is 0 Å². The molecular weight excluding hydrogens is 224 g/mol. The molecule has 2 nitrogen and oxygen atoms in total. The van der Waals surface area contributed by atoms with Gasteiger partial charge < -0.3 is 5.32 Å². The molecule has 1 aromatic rings. The highest BCUT2D eigenvalue weighted by Crippen LogP contribution is 2.17. The Bertz CT molecular complexity index is 370. The number of carbonyl (C=O) groups excluding carboxylic acids is 1. The largest absolute Gasteiger partial charge is 0.348 e. The average molecular weight is 234 g/mol. The summed E-state index contributed by atoms with van der Waals surface area (Å²) in [5, 5.41) is 2.44. The minimum atomic E-state index is -0.605. The highest BCUT2D eigenvalue weighted by molar-refractivity contribution is 6.27. The fourth-order valence-corrected chi connectivity index (χ4v) is 1.28. The maximum atomic E-state index is 13.2. The minimum Gasteiger partial charge on any atom is -0.348 e. The average Bonchev–Trinajstić information content (AvgIpc) is 2.21. The molecule has 0 aliphatic rings. The highest BCUT2D eigenvalue weighted by atomic mass is 35.5. The molecule has 82 valence electrons. The molecule has 0 unspecified atom stereocenters. The van der Waals surface area contributed by atoms with Crippen LogP contribution in [0.25, 0.3) is 0 Å². The predicted octanol–water partition coefficient (Wildman–Crippen LogP) is 2.38. The van der Waals surface area contributed by atoms with E-state index < -0.39 is 23.6 Å². The van der Waals surface area contributed by atoms with Crippen LogP contribution in [-0.4, -0.2) is 11.8 Å². The molecular formula is C10H10ClF2NO. The number of rotatable bonds is 3. The van der Waals surface area contributed by atoms with Crippen LogP contribution in [0.1, 0.15) is 18.5 Å². The first kappa shape index (κ1) is 11.9. The van der Waals surface area contributed by atoms with Crippen LogP contribution in [0.5, 0.6) is 0 Å². The van der Waals surface area contributed by atoms with Crippen molar-refractivity contribution in [1.82, 2.24) is 5.32 Å². The lowest BCUT2D eigenvalue weighted by molar-refractivity contribution is -0.119. The van der Waals surface area contributed by atoms with Crippen molar-refractivity contribution in [3.05, 3.63) is 35.4 Å². The van der Waals surface area contributed by atoms with Crippen molar-refractivity contribution in [1.29, 1.82) is 0 Å². The van der Waals surface area contributed by atoms with Gasteiger partial charge in [-0.05, 0) is 25.1 Å². The van der Waals surface area contributed by atoms with Gasteiger partial charge in [-0.3, -0.25) is 4.79 Å². The van der Waals surface area contributed by atoms with Crippen molar-refractivity contribution in [2.24, 2.45) is 0 Å². The summed E-state index contributed by atoms with van der Waals surface area (Å²) in [6, 6.07) is 2.49. The Morgan fingerprint density at radius 3 is 2.80 bits per heavy atom. The van der Waals surface area contributed by atoms with E-state index in [4.69, 9.17) is 11.6 Å². The molecule has 1 rings (SSSR count). The van der Waals surface area contributed by atoms with E-state index in [-0.39, 0.29) is 11.4 Å². The number of amides is 1. The van der Waals surface area contributed by atoms with E-state index in [1.165, 1.54) is 0 Å². The van der Waals surface area contributed by atoms with E-state index in [1.807, 2.05) is 0 Å². The van der Waals surface area contributed by atoms with Crippen LogP contribution in [0.4, 0.5) is 8.78 Å². The van der Waals surface area contributed by atoms with Crippen molar-refractivity contribution >= 4 is 17.5 Å². The van der Waals surface area contributed by atoms with Crippen molar-refractivity contribution < 1.29 is 13.6 Å². The van der Waals surface area contributed by atoms with E-state index in [9.17, 15) is 13.6 Å². The number of hydrogen-bond donors (Lipinski definition) is 1. The van der Waals surface area contributed by atoms with Crippen LogP contribution in [0, 0.1) is 11.6 Å². The van der Waals surface area contributed by atoms with Crippen LogP contribution in [0.15, 0.2) is 18.2 Å². The maximum Gasteiger partial charge on any atom is 0.235 e. The molecule has 0 aliphatic heterocycles. The molecule has 0 bridgehead atoms. The number of nitrogens with one attached hydrogen (secondary N) is 1. The SMILES string of the molecule is C[C@H](NC(=O)CCl)c1cc(F)ccc1F. The Balaban J connectivity index is 2.85. The van der Waals surface area contributed by atoms with Gasteiger partial charge in [-0.1, -0.05) is 0 Å². The Morgan fingerprint density at radius 2 is 2.20 bits per heavy atom. The van der Waals surface area contributed by atoms with E-state index in [0.29, 0.717) is 0 Å². The molecule has 0 aromatic heterocycles. The first-order valence-corrected chi connectivity index (χ1v) is 4.88. The summed E-state index contributed by atoms with van der Waals surface area (Å²) in [6.45, 7) is 1.56. The minimum absolute atomic E-state index is 0.105. The summed E-state index contributed by atoms with van der Waals surface area (Å²) in [7, 11) is 0. The van der Waals surface area contributed by atoms with Crippen molar-refractivity contribution in [2.45, 2.75) is 13.0 Å². The van der Waals surface area contributed by atoms with Crippen LogP contribution in [0.2, 0.25) is 0 Å². The summed E-state index contributed by atoms with van der Waals surface area (Å²) < 4.78 is 26.0. The number of carbonyl (C=O) groups is 1. The second-order valence-corrected chi connectivity index (χ2v) is 3.36. The van der Waals surface area contributed by atoms with Crippen molar-refractivity contribution in [2.75, 3.05) is 5.88 Å². The van der Waals surface area contributed by atoms with E-state index in [0.717, 1.165) is 18.2 Å². The molecule has 0 radical (unpaired) electrons. The third-order valence-electron chi connectivity index (χ3n) is 1.92. The Morgan fingerprint density at radius 1 is 1.53 bits per heavy atom. The van der Waals surface area contributed by atoms with Crippen LogP contribution in [-0.2, 0) is 4.79 Å². The number of halogens is 3. The molecule has 5 heteroatoms. The second-order valence-electron chi connectivity index (χ2n) is 3.09. The molecule has 1 atom stereocenters. The molecule has 0 aliphatic carbocycles. The zero-order valence-corrected chi connectivity index (χ0v) is 8.81. The first-order chi connectivity index (χ1) is 7.04. The van der Waals surface area contributed by atoms with Gasteiger partial charge in [-0.25, -0.2) is 8.78 Å². The molecule has 0 spiro atoms. The molecule has 0 heterocycles. The van der Waals surface area contributed by atoms with E-state index in [1.54, 1.807) is 6.92 Å². The third-order valence-corrected chi connectivity index (χ3v) is 2.17. The van der Waals surface area contributed by atoms with Crippen LogP contribution < -0.4 is 5.32 Å². The smallest absolute Gasteiger partial charge is 0.235 e. The first-order valence-electron chi connectivity index (χ1n) is 4.35. The highest BCUT2D eigenvalue weighted by Gasteiger charge is 2.13. The molecule has 0 saturated carbocycles. The van der Waals surface area contributed by atoms with E-state index in [2.05, 4.69) is 5.32 Å². The lowest BCUT2D eigenvalue weighted by Gasteiger charge is -2.14. The fraction of sp³-hybridized carbons (Fsp3) is 0.300. The molecule has 15 heavy (non-hydrogen) atoms. The predicted molar refractivity (Wildman–Crippen MR) is 53.6 cm³/mol. The van der Waals surface area contributed by atoms with Gasteiger partial charge in [0.15, 0.2) is 0 Å². The van der Waals surface area contributed by atoms with E-state index >= 15 is 0 Å². The monoisotopic (exact) mass is 233 g/mol.